The van der Waals surface area contributed by atoms with E-state index in [1.165, 1.54) is 5.56 Å². The van der Waals surface area contributed by atoms with Crippen LogP contribution in [-0.4, -0.2) is 38.2 Å². The van der Waals surface area contributed by atoms with Crippen LogP contribution in [0, 0.1) is 0 Å². The number of nitrogens with zero attached hydrogens (tertiary/aromatic N) is 3. The van der Waals surface area contributed by atoms with Crippen LogP contribution in [-0.2, 0) is 11.3 Å². The first-order chi connectivity index (χ1) is 16.3. The number of methoxy groups -OCH3 is 2. The standard InChI is InChI=1S/C27H27N3O3/c1-31-15-16-33-24-14-8-12-22-18-28-27(29(26(22)24)19-20-9-4-3-5-10-20)30-23-13-7-6-11-21(23)17-25(30)32-2/h3-14,17-18,27H,15-16,19H2,1-2H3. The average molecular weight is 442 g/mol. The van der Waals surface area contributed by atoms with Gasteiger partial charge in [-0.05, 0) is 17.7 Å². The van der Waals surface area contributed by atoms with Crippen LogP contribution in [0.2, 0.25) is 0 Å². The highest BCUT2D eigenvalue weighted by Gasteiger charge is 2.31. The predicted molar refractivity (Wildman–Crippen MR) is 132 cm³/mol. The minimum Gasteiger partial charge on any atom is -0.489 e. The second-order valence-electron chi connectivity index (χ2n) is 7.89. The highest BCUT2D eigenvalue weighted by atomic mass is 16.5. The van der Waals surface area contributed by atoms with Crippen molar-refractivity contribution in [3.05, 3.63) is 90.0 Å². The van der Waals surface area contributed by atoms with Crippen LogP contribution in [0.4, 0.5) is 5.69 Å². The third-order valence-electron chi connectivity index (χ3n) is 5.84. The molecule has 4 aromatic rings. The summed E-state index contributed by atoms with van der Waals surface area (Å²) in [6.45, 7) is 1.66. The van der Waals surface area contributed by atoms with Gasteiger partial charge in [0.25, 0.3) is 0 Å². The van der Waals surface area contributed by atoms with Gasteiger partial charge < -0.3 is 19.1 Å². The van der Waals surface area contributed by atoms with E-state index in [-0.39, 0.29) is 6.29 Å². The lowest BCUT2D eigenvalue weighted by molar-refractivity contribution is 0.146. The quantitative estimate of drug-likeness (QED) is 0.350. The van der Waals surface area contributed by atoms with Crippen LogP contribution in [0.15, 0.2) is 83.9 Å². The fourth-order valence-electron chi connectivity index (χ4n) is 4.34. The molecular formula is C27H27N3O3. The number of para-hydroxylation sites is 2. The van der Waals surface area contributed by atoms with E-state index >= 15 is 0 Å². The van der Waals surface area contributed by atoms with Gasteiger partial charge in [0.05, 0.1) is 24.9 Å². The summed E-state index contributed by atoms with van der Waals surface area (Å²) >= 11 is 0. The zero-order valence-electron chi connectivity index (χ0n) is 18.8. The molecule has 168 valence electrons. The summed E-state index contributed by atoms with van der Waals surface area (Å²) in [6.07, 6.45) is 1.60. The molecule has 0 spiro atoms. The van der Waals surface area contributed by atoms with Gasteiger partial charge in [-0.3, -0.25) is 4.57 Å². The van der Waals surface area contributed by atoms with Gasteiger partial charge in [-0.2, -0.15) is 0 Å². The smallest absolute Gasteiger partial charge is 0.206 e. The van der Waals surface area contributed by atoms with E-state index in [1.807, 2.05) is 36.5 Å². The van der Waals surface area contributed by atoms with E-state index in [1.54, 1.807) is 14.2 Å². The lowest BCUT2D eigenvalue weighted by Crippen LogP contribution is -2.35. The van der Waals surface area contributed by atoms with Crippen molar-refractivity contribution in [2.75, 3.05) is 32.3 Å². The molecule has 6 nitrogen and oxygen atoms in total. The molecule has 0 aliphatic carbocycles. The molecule has 0 amide bonds. The average Bonchev–Trinajstić information content (AvgIpc) is 3.23. The van der Waals surface area contributed by atoms with Crippen LogP contribution < -0.4 is 14.4 Å². The molecule has 0 saturated carbocycles. The van der Waals surface area contributed by atoms with Crippen molar-refractivity contribution in [2.24, 2.45) is 4.99 Å². The summed E-state index contributed by atoms with van der Waals surface area (Å²) in [5.74, 6) is 1.57. The largest absolute Gasteiger partial charge is 0.489 e. The molecule has 0 radical (unpaired) electrons. The fourth-order valence-corrected chi connectivity index (χ4v) is 4.34. The summed E-state index contributed by atoms with van der Waals surface area (Å²) in [7, 11) is 3.38. The maximum Gasteiger partial charge on any atom is 0.206 e. The Kier molecular flexibility index (Phi) is 6.00. The first-order valence-electron chi connectivity index (χ1n) is 11.0. The number of ether oxygens (including phenoxy) is 3. The molecule has 1 aromatic heterocycles. The van der Waals surface area contributed by atoms with Crippen LogP contribution >= 0.6 is 0 Å². The first-order valence-corrected chi connectivity index (χ1v) is 11.0. The second kappa shape index (κ2) is 9.38. The number of rotatable bonds is 8. The number of fused-ring (bicyclic) bond motifs is 2. The molecule has 1 aliphatic heterocycles. The van der Waals surface area contributed by atoms with Crippen molar-refractivity contribution in [1.29, 1.82) is 0 Å². The molecule has 0 fully saturated rings. The minimum atomic E-state index is -0.334. The normalized spacial score (nSPS) is 15.0. The molecule has 6 heteroatoms. The van der Waals surface area contributed by atoms with Crippen molar-refractivity contribution >= 4 is 22.8 Å². The molecule has 5 rings (SSSR count). The van der Waals surface area contributed by atoms with Crippen LogP contribution in [0.5, 0.6) is 11.6 Å². The van der Waals surface area contributed by atoms with Gasteiger partial charge in [0.2, 0.25) is 6.29 Å². The van der Waals surface area contributed by atoms with Gasteiger partial charge in [-0.1, -0.05) is 60.7 Å². The number of anilines is 1. The Balaban J connectivity index is 1.66. The molecule has 1 aliphatic rings. The van der Waals surface area contributed by atoms with E-state index in [2.05, 4.69) is 58.0 Å². The zero-order chi connectivity index (χ0) is 22.6. The van der Waals surface area contributed by atoms with Gasteiger partial charge >= 0.3 is 0 Å². The SMILES string of the molecule is COCCOc1cccc2c1N(Cc1ccccc1)C(n1c(OC)cc3ccccc31)N=C2. The Morgan fingerprint density at radius 1 is 0.879 bits per heavy atom. The summed E-state index contributed by atoms with van der Waals surface area (Å²) in [4.78, 5) is 7.27. The van der Waals surface area contributed by atoms with Crippen molar-refractivity contribution in [3.8, 4) is 11.6 Å². The van der Waals surface area contributed by atoms with Gasteiger partial charge in [0.1, 0.15) is 12.4 Å². The van der Waals surface area contributed by atoms with Gasteiger partial charge in [-0.15, -0.1) is 0 Å². The number of hydrogen-bond donors (Lipinski definition) is 0. The lowest BCUT2D eigenvalue weighted by atomic mass is 10.1. The Hall–Kier alpha value is -3.77. The maximum absolute atomic E-state index is 6.15. The zero-order valence-corrected chi connectivity index (χ0v) is 18.8. The fraction of sp³-hybridized carbons (Fsp3) is 0.222. The monoisotopic (exact) mass is 441 g/mol. The third kappa shape index (κ3) is 4.05. The summed E-state index contributed by atoms with van der Waals surface area (Å²) in [6, 6.07) is 26.8. The van der Waals surface area contributed by atoms with E-state index < -0.39 is 0 Å². The highest BCUT2D eigenvalue weighted by molar-refractivity contribution is 5.93. The van der Waals surface area contributed by atoms with E-state index in [0.717, 1.165) is 33.8 Å². The van der Waals surface area contributed by atoms with E-state index in [4.69, 9.17) is 19.2 Å². The van der Waals surface area contributed by atoms with Gasteiger partial charge in [0, 0.05) is 36.9 Å². The molecule has 1 unspecified atom stereocenters. The Morgan fingerprint density at radius 3 is 2.52 bits per heavy atom. The molecular weight excluding hydrogens is 414 g/mol. The minimum absolute atomic E-state index is 0.334. The molecule has 0 saturated heterocycles. The molecule has 0 bridgehead atoms. The molecule has 33 heavy (non-hydrogen) atoms. The molecule has 3 aromatic carbocycles. The topological polar surface area (TPSA) is 48.2 Å². The molecule has 0 N–H and O–H groups in total. The predicted octanol–water partition coefficient (Wildman–Crippen LogP) is 5.27. The first kappa shape index (κ1) is 21.1. The van der Waals surface area contributed by atoms with Gasteiger partial charge in [-0.25, -0.2) is 4.99 Å². The number of aromatic nitrogens is 1. The van der Waals surface area contributed by atoms with E-state index in [9.17, 15) is 0 Å². The Labute approximate surface area is 193 Å². The molecule has 2 heterocycles. The second-order valence-corrected chi connectivity index (χ2v) is 7.89. The van der Waals surface area contributed by atoms with Crippen molar-refractivity contribution in [1.82, 2.24) is 4.57 Å². The van der Waals surface area contributed by atoms with Crippen molar-refractivity contribution < 1.29 is 14.2 Å². The summed E-state index contributed by atoms with van der Waals surface area (Å²) < 4.78 is 19.3. The van der Waals surface area contributed by atoms with Crippen LogP contribution in [0.25, 0.3) is 10.9 Å². The molecule has 1 atom stereocenters. The summed E-state index contributed by atoms with van der Waals surface area (Å²) in [5.41, 5.74) is 4.29. The van der Waals surface area contributed by atoms with Crippen LogP contribution in [0.1, 0.15) is 17.4 Å². The summed E-state index contributed by atoms with van der Waals surface area (Å²) in [5, 5.41) is 1.11. The lowest BCUT2D eigenvalue weighted by Gasteiger charge is -2.37. The highest BCUT2D eigenvalue weighted by Crippen LogP contribution is 2.42. The Morgan fingerprint density at radius 2 is 1.70 bits per heavy atom. The van der Waals surface area contributed by atoms with E-state index in [0.29, 0.717) is 19.8 Å². The van der Waals surface area contributed by atoms with Gasteiger partial charge in [0.15, 0.2) is 5.88 Å². The Bertz CT molecular complexity index is 1270. The number of aliphatic imine (C=N–C) groups is 1. The number of benzene rings is 3. The third-order valence-corrected chi connectivity index (χ3v) is 5.84. The van der Waals surface area contributed by atoms with Crippen LogP contribution in [0.3, 0.4) is 0 Å². The maximum atomic E-state index is 6.15. The van der Waals surface area contributed by atoms with Crippen molar-refractivity contribution in [2.45, 2.75) is 12.8 Å². The number of hydrogen-bond acceptors (Lipinski definition) is 5. The van der Waals surface area contributed by atoms with Crippen molar-refractivity contribution in [3.63, 3.8) is 0 Å².